The van der Waals surface area contributed by atoms with E-state index in [1.54, 1.807) is 13.8 Å². The van der Waals surface area contributed by atoms with Gasteiger partial charge in [0.1, 0.15) is 11.8 Å². The molecule has 4 aliphatic carbocycles. The van der Waals surface area contributed by atoms with Crippen LogP contribution in [0.2, 0.25) is 0 Å². The van der Waals surface area contributed by atoms with Crippen molar-refractivity contribution in [2.24, 2.45) is 44.8 Å². The Kier molecular flexibility index (Phi) is 5.80. The number of nitrogens with zero attached hydrogens (tertiary/aromatic N) is 2. The Morgan fingerprint density at radius 3 is 2.69 bits per heavy atom. The second-order valence-corrected chi connectivity index (χ2v) is 11.7. The number of ether oxygens (including phenoxy) is 2. The summed E-state index contributed by atoms with van der Waals surface area (Å²) in [6, 6.07) is 0. The van der Waals surface area contributed by atoms with Gasteiger partial charge in [-0.15, -0.1) is 0 Å². The molecule has 0 aromatic rings. The summed E-state index contributed by atoms with van der Waals surface area (Å²) in [5, 5.41) is 17.7. The van der Waals surface area contributed by atoms with Gasteiger partial charge in [0.2, 0.25) is 0 Å². The fourth-order valence-electron chi connectivity index (χ4n) is 8.84. The number of allylic oxidation sites excluding steroid dienone is 1. The Labute approximate surface area is 207 Å². The molecule has 0 spiro atoms. The molecule has 3 saturated carbocycles. The molecule has 1 N–H and O–H groups in total. The zero-order valence-corrected chi connectivity index (χ0v) is 21.5. The molecule has 8 heteroatoms. The van der Waals surface area contributed by atoms with Gasteiger partial charge < -0.3 is 19.5 Å². The van der Waals surface area contributed by atoms with Crippen LogP contribution in [0.3, 0.4) is 0 Å². The zero-order valence-electron chi connectivity index (χ0n) is 21.5. The fourth-order valence-corrected chi connectivity index (χ4v) is 8.84. The van der Waals surface area contributed by atoms with Gasteiger partial charge in [-0.1, -0.05) is 35.8 Å². The minimum Gasteiger partial charge on any atom is -0.462 e. The van der Waals surface area contributed by atoms with Gasteiger partial charge in [0.25, 0.3) is 0 Å². The molecule has 0 saturated heterocycles. The van der Waals surface area contributed by atoms with Gasteiger partial charge in [-0.3, -0.25) is 4.79 Å². The fraction of sp³-hybridized carbons (Fsp3) is 0.778. The summed E-state index contributed by atoms with van der Waals surface area (Å²) in [6.45, 7) is 9.97. The van der Waals surface area contributed by atoms with E-state index in [-0.39, 0.29) is 35.4 Å². The molecule has 8 atom stereocenters. The highest BCUT2D eigenvalue weighted by molar-refractivity contribution is 6.38. The lowest BCUT2D eigenvalue weighted by atomic mass is 9.46. The first kappa shape index (κ1) is 24.3. The van der Waals surface area contributed by atoms with Gasteiger partial charge in [0.15, 0.2) is 11.3 Å². The molecule has 3 fully saturated rings. The predicted molar refractivity (Wildman–Crippen MR) is 129 cm³/mol. The number of carbonyl (C=O) groups is 2. The maximum atomic E-state index is 12.8. The number of carbonyl (C=O) groups excluding carboxylic acids is 2. The van der Waals surface area contributed by atoms with Crippen LogP contribution < -0.4 is 0 Å². The maximum absolute atomic E-state index is 12.8. The summed E-state index contributed by atoms with van der Waals surface area (Å²) < 4.78 is 10.9. The van der Waals surface area contributed by atoms with E-state index in [0.29, 0.717) is 29.2 Å². The molecule has 0 amide bonds. The largest absolute Gasteiger partial charge is 0.462 e. The van der Waals surface area contributed by atoms with Crippen LogP contribution in [0.25, 0.3) is 0 Å². The van der Waals surface area contributed by atoms with Gasteiger partial charge >= 0.3 is 11.9 Å². The van der Waals surface area contributed by atoms with E-state index in [9.17, 15) is 14.8 Å². The normalized spacial score (nSPS) is 44.0. The number of fused-ring (bicyclic) bond motifs is 7. The number of oxime groups is 2. The molecule has 0 aromatic carbocycles. The van der Waals surface area contributed by atoms with Crippen molar-refractivity contribution in [1.82, 2.24) is 0 Å². The molecule has 0 radical (unpaired) electrons. The summed E-state index contributed by atoms with van der Waals surface area (Å²) in [5.74, 6) is 0.320. The summed E-state index contributed by atoms with van der Waals surface area (Å²) in [4.78, 5) is 30.5. The molecule has 0 bridgehead atoms. The second-order valence-electron chi connectivity index (χ2n) is 11.7. The lowest BCUT2D eigenvalue weighted by Gasteiger charge is -2.58. The highest BCUT2D eigenvalue weighted by Gasteiger charge is 2.74. The zero-order chi connectivity index (χ0) is 25.2. The Bertz CT molecular complexity index is 1020. The van der Waals surface area contributed by atoms with Crippen molar-refractivity contribution in [3.63, 3.8) is 0 Å². The van der Waals surface area contributed by atoms with E-state index in [1.165, 1.54) is 12.5 Å². The standard InChI is InChI=1S/C27H38N2O6/c1-6-33-24(31)23-22-14-21-19-8-7-17-13-18(34-16(3)30)9-11-25(17,4)20(19)10-12-26(21,5)27(22,35-29-23)15(2)28-32/h7,18-22,32H,6,8-14H2,1-5H3/t18-,19-,20+,21+,22-,25-,26+,27-/m0/s1. The Hall–Kier alpha value is -2.38. The predicted octanol–water partition coefficient (Wildman–Crippen LogP) is 4.65. The first-order valence-electron chi connectivity index (χ1n) is 13.1. The van der Waals surface area contributed by atoms with Crippen LogP contribution in [0.4, 0.5) is 0 Å². The molecule has 1 aliphatic heterocycles. The molecule has 8 nitrogen and oxygen atoms in total. The molecule has 5 aliphatic rings. The molecule has 192 valence electrons. The SMILES string of the molecule is CCOC(=O)C1=NO[C@@]2(C(C)=NO)[C@H]1C[C@@H]1[C@H]3CC=C4C[C@@H](OC(C)=O)CC[C@]4(C)[C@@H]3CC[C@]12C. The van der Waals surface area contributed by atoms with E-state index in [1.807, 2.05) is 0 Å². The second kappa shape index (κ2) is 8.34. The van der Waals surface area contributed by atoms with E-state index in [4.69, 9.17) is 14.3 Å². The van der Waals surface area contributed by atoms with Crippen LogP contribution in [0, 0.1) is 34.5 Å². The van der Waals surface area contributed by atoms with E-state index < -0.39 is 11.6 Å². The lowest BCUT2D eigenvalue weighted by molar-refractivity contribution is -0.149. The first-order valence-corrected chi connectivity index (χ1v) is 13.1. The third-order valence-electron chi connectivity index (χ3n) is 10.4. The number of esters is 2. The van der Waals surface area contributed by atoms with Crippen LogP contribution in [0.5, 0.6) is 0 Å². The van der Waals surface area contributed by atoms with E-state index in [2.05, 4.69) is 30.2 Å². The third kappa shape index (κ3) is 3.23. The third-order valence-corrected chi connectivity index (χ3v) is 10.4. The van der Waals surface area contributed by atoms with E-state index in [0.717, 1.165) is 44.9 Å². The number of hydrogen-bond donors (Lipinski definition) is 1. The van der Waals surface area contributed by atoms with Crippen LogP contribution >= 0.6 is 0 Å². The van der Waals surface area contributed by atoms with Gasteiger partial charge in [-0.05, 0) is 75.5 Å². The van der Waals surface area contributed by atoms with Crippen molar-refractivity contribution in [2.45, 2.75) is 91.3 Å². The monoisotopic (exact) mass is 486 g/mol. The topological polar surface area (TPSA) is 107 Å². The quantitative estimate of drug-likeness (QED) is 0.204. The summed E-state index contributed by atoms with van der Waals surface area (Å²) >= 11 is 0. The molecule has 0 aromatic heterocycles. The van der Waals surface area contributed by atoms with Crippen molar-refractivity contribution in [1.29, 1.82) is 0 Å². The highest BCUT2D eigenvalue weighted by atomic mass is 16.7. The minimum absolute atomic E-state index is 0.0218. The Morgan fingerprint density at radius 2 is 2.00 bits per heavy atom. The molecule has 35 heavy (non-hydrogen) atoms. The molecule has 1 heterocycles. The molecule has 0 unspecified atom stereocenters. The van der Waals surface area contributed by atoms with Crippen molar-refractivity contribution in [3.8, 4) is 0 Å². The van der Waals surface area contributed by atoms with Crippen molar-refractivity contribution in [2.75, 3.05) is 6.61 Å². The summed E-state index contributed by atoms with van der Waals surface area (Å²) in [7, 11) is 0. The number of hydrogen-bond acceptors (Lipinski definition) is 8. The molecule has 5 rings (SSSR count). The maximum Gasteiger partial charge on any atom is 0.356 e. The number of rotatable bonds is 4. The first-order chi connectivity index (χ1) is 16.6. The van der Waals surface area contributed by atoms with Crippen LogP contribution in [-0.2, 0) is 23.9 Å². The van der Waals surface area contributed by atoms with Crippen LogP contribution in [0.1, 0.15) is 79.6 Å². The Morgan fingerprint density at radius 1 is 1.23 bits per heavy atom. The van der Waals surface area contributed by atoms with Crippen molar-refractivity contribution < 1.29 is 29.1 Å². The summed E-state index contributed by atoms with van der Waals surface area (Å²) in [6.07, 6.45) is 8.78. The Balaban J connectivity index is 1.49. The van der Waals surface area contributed by atoms with Crippen LogP contribution in [0.15, 0.2) is 22.0 Å². The average molecular weight is 487 g/mol. The molecular formula is C27H38N2O6. The van der Waals surface area contributed by atoms with Crippen LogP contribution in [-0.4, -0.2) is 46.9 Å². The van der Waals surface area contributed by atoms with Gasteiger partial charge in [-0.2, -0.15) is 0 Å². The van der Waals surface area contributed by atoms with E-state index >= 15 is 0 Å². The van der Waals surface area contributed by atoms with Gasteiger partial charge in [0.05, 0.1) is 12.5 Å². The van der Waals surface area contributed by atoms with Crippen molar-refractivity contribution >= 4 is 23.4 Å². The molecular weight excluding hydrogens is 448 g/mol. The lowest BCUT2D eigenvalue weighted by Crippen LogP contribution is -2.59. The van der Waals surface area contributed by atoms with Gasteiger partial charge in [0, 0.05) is 18.8 Å². The summed E-state index contributed by atoms with van der Waals surface area (Å²) in [5.41, 5.74) is 1.08. The highest BCUT2D eigenvalue weighted by Crippen LogP contribution is 2.70. The average Bonchev–Trinajstić information content (AvgIpc) is 3.32. The van der Waals surface area contributed by atoms with Crippen molar-refractivity contribution in [3.05, 3.63) is 11.6 Å². The minimum atomic E-state index is -0.933. The van der Waals surface area contributed by atoms with Gasteiger partial charge in [-0.25, -0.2) is 4.79 Å². The smallest absolute Gasteiger partial charge is 0.356 e.